The molecule has 2 aromatic rings. The van der Waals surface area contributed by atoms with Gasteiger partial charge >= 0.3 is 0 Å². The highest BCUT2D eigenvalue weighted by Gasteiger charge is 2.56. The Kier molecular flexibility index (Phi) is 4.98. The fraction of sp³-hybridized carbons (Fsp3) is 0.583. The smallest absolute Gasteiger partial charge is 0.269 e. The highest BCUT2D eigenvalue weighted by Crippen LogP contribution is 2.48. The first-order chi connectivity index (χ1) is 15.2. The third-order valence-corrected chi connectivity index (χ3v) is 7.42. The van der Waals surface area contributed by atoms with Gasteiger partial charge in [0.1, 0.15) is 12.6 Å². The number of aromatic nitrogens is 2. The molecule has 8 heteroatoms. The summed E-state index contributed by atoms with van der Waals surface area (Å²) in [7, 11) is 0. The zero-order chi connectivity index (χ0) is 22.6. The number of carbonyl (C=O) groups is 3. The van der Waals surface area contributed by atoms with Crippen LogP contribution in [0.1, 0.15) is 62.9 Å². The molecular formula is C24H31N5O3. The number of nitrogens with two attached hydrogens (primary N) is 1. The van der Waals surface area contributed by atoms with Crippen molar-refractivity contribution >= 4 is 28.6 Å². The van der Waals surface area contributed by atoms with Crippen LogP contribution in [-0.4, -0.2) is 50.5 Å². The molecule has 0 bridgehead atoms. The first kappa shape index (κ1) is 21.0. The van der Waals surface area contributed by atoms with Crippen molar-refractivity contribution in [1.82, 2.24) is 20.0 Å². The maximum Gasteiger partial charge on any atom is 0.269 e. The molecule has 3 aliphatic rings. The van der Waals surface area contributed by atoms with Crippen LogP contribution in [0.2, 0.25) is 0 Å². The van der Waals surface area contributed by atoms with E-state index in [-0.39, 0.29) is 41.6 Å². The van der Waals surface area contributed by atoms with Crippen molar-refractivity contribution in [2.75, 3.05) is 0 Å². The summed E-state index contributed by atoms with van der Waals surface area (Å²) in [5, 5.41) is 8.18. The van der Waals surface area contributed by atoms with E-state index in [2.05, 4.69) is 24.3 Å². The second-order valence-corrected chi connectivity index (χ2v) is 10.5. The summed E-state index contributed by atoms with van der Waals surface area (Å²) in [6.45, 7) is 4.48. The maximum atomic E-state index is 13.4. The largest absolute Gasteiger partial charge is 0.364 e. The average Bonchev–Trinajstić information content (AvgIpc) is 3.23. The summed E-state index contributed by atoms with van der Waals surface area (Å²) in [5.74, 6) is -0.378. The van der Waals surface area contributed by atoms with Crippen LogP contribution in [-0.2, 0) is 16.1 Å². The fourth-order valence-electron chi connectivity index (χ4n) is 5.81. The van der Waals surface area contributed by atoms with Crippen LogP contribution in [0, 0.1) is 11.3 Å². The van der Waals surface area contributed by atoms with Crippen LogP contribution in [0.4, 0.5) is 0 Å². The summed E-state index contributed by atoms with van der Waals surface area (Å²) in [4.78, 5) is 40.1. The predicted molar refractivity (Wildman–Crippen MR) is 120 cm³/mol. The number of para-hydroxylation sites is 1. The van der Waals surface area contributed by atoms with Crippen molar-refractivity contribution in [1.29, 1.82) is 0 Å². The summed E-state index contributed by atoms with van der Waals surface area (Å²) >= 11 is 0. The SMILES string of the molecule is CC1(C)CCC[C@@H](NC(=O)[C@@H]2C[C@H]3C[C@H]3N2C(=O)Cn2nc(C(N)=O)c3ccccc32)C1. The Morgan fingerprint density at radius 3 is 2.75 bits per heavy atom. The van der Waals surface area contributed by atoms with Gasteiger partial charge in [0.05, 0.1) is 5.52 Å². The van der Waals surface area contributed by atoms with Gasteiger partial charge in [0.2, 0.25) is 11.8 Å². The monoisotopic (exact) mass is 437 g/mol. The molecule has 4 atom stereocenters. The third-order valence-electron chi connectivity index (χ3n) is 7.42. The lowest BCUT2D eigenvalue weighted by molar-refractivity contribution is -0.140. The first-order valence-corrected chi connectivity index (χ1v) is 11.6. The number of piperidine rings is 1. The molecular weight excluding hydrogens is 406 g/mol. The molecule has 0 unspecified atom stereocenters. The molecule has 3 N–H and O–H groups in total. The van der Waals surface area contributed by atoms with Crippen LogP contribution in [0.25, 0.3) is 10.9 Å². The van der Waals surface area contributed by atoms with Crippen LogP contribution >= 0.6 is 0 Å². The molecule has 2 saturated carbocycles. The van der Waals surface area contributed by atoms with Gasteiger partial charge in [-0.3, -0.25) is 19.1 Å². The normalized spacial score (nSPS) is 28.4. The minimum absolute atomic E-state index is 0.0166. The van der Waals surface area contributed by atoms with Crippen molar-refractivity contribution in [3.63, 3.8) is 0 Å². The second-order valence-electron chi connectivity index (χ2n) is 10.5. The van der Waals surface area contributed by atoms with E-state index >= 15 is 0 Å². The highest BCUT2D eigenvalue weighted by atomic mass is 16.2. The number of hydrogen-bond acceptors (Lipinski definition) is 4. The zero-order valence-corrected chi connectivity index (χ0v) is 18.7. The Hall–Kier alpha value is -2.90. The standard InChI is InChI=1S/C24H31N5O3/c1-24(2)9-5-6-15(12-24)26-23(32)19-11-14-10-18(14)29(19)20(30)13-28-17-8-4-3-7-16(17)21(27-28)22(25)31/h3-4,7-8,14-15,18-19H,5-6,9-13H2,1-2H3,(H2,25,31)(H,26,32)/t14-,15-,18-,19+/m1/s1. The molecule has 1 aromatic heterocycles. The number of fused-ring (bicyclic) bond motifs is 2. The van der Waals surface area contributed by atoms with Crippen LogP contribution in [0.5, 0.6) is 0 Å². The number of carbonyl (C=O) groups excluding carboxylic acids is 3. The summed E-state index contributed by atoms with van der Waals surface area (Å²) in [5.41, 5.74) is 6.57. The van der Waals surface area contributed by atoms with Crippen LogP contribution in [0.3, 0.4) is 0 Å². The van der Waals surface area contributed by atoms with E-state index in [9.17, 15) is 14.4 Å². The van der Waals surface area contributed by atoms with Gasteiger partial charge in [-0.2, -0.15) is 5.10 Å². The van der Waals surface area contributed by atoms with Gasteiger partial charge in [-0.05, 0) is 49.5 Å². The van der Waals surface area contributed by atoms with E-state index in [1.165, 1.54) is 11.1 Å². The Labute approximate surface area is 187 Å². The number of amides is 3. The average molecular weight is 438 g/mol. The molecule has 1 saturated heterocycles. The van der Waals surface area contributed by atoms with E-state index in [1.54, 1.807) is 11.0 Å². The van der Waals surface area contributed by atoms with E-state index in [4.69, 9.17) is 5.73 Å². The minimum atomic E-state index is -0.622. The van der Waals surface area contributed by atoms with Gasteiger partial charge in [-0.25, -0.2) is 0 Å². The Morgan fingerprint density at radius 2 is 2.00 bits per heavy atom. The minimum Gasteiger partial charge on any atom is -0.364 e. The number of benzene rings is 1. The molecule has 1 aromatic carbocycles. The highest BCUT2D eigenvalue weighted by molar-refractivity contribution is 6.04. The molecule has 5 rings (SSSR count). The third kappa shape index (κ3) is 3.76. The summed E-state index contributed by atoms with van der Waals surface area (Å²) < 4.78 is 1.53. The maximum absolute atomic E-state index is 13.4. The molecule has 0 spiro atoms. The van der Waals surface area contributed by atoms with Crippen molar-refractivity contribution in [3.05, 3.63) is 30.0 Å². The number of primary amides is 1. The van der Waals surface area contributed by atoms with Gasteiger partial charge in [-0.15, -0.1) is 0 Å². The molecule has 3 fully saturated rings. The van der Waals surface area contributed by atoms with Gasteiger partial charge in [0.25, 0.3) is 5.91 Å². The number of nitrogens with zero attached hydrogens (tertiary/aromatic N) is 3. The topological polar surface area (TPSA) is 110 Å². The van der Waals surface area contributed by atoms with E-state index < -0.39 is 11.9 Å². The predicted octanol–water partition coefficient (Wildman–Crippen LogP) is 2.21. The first-order valence-electron chi connectivity index (χ1n) is 11.6. The van der Waals surface area contributed by atoms with E-state index in [0.29, 0.717) is 16.8 Å². The van der Waals surface area contributed by atoms with Gasteiger partial charge in [0.15, 0.2) is 5.69 Å². The summed E-state index contributed by atoms with van der Waals surface area (Å²) in [6, 6.07) is 7.13. The molecule has 2 aliphatic carbocycles. The van der Waals surface area contributed by atoms with Gasteiger partial charge in [-0.1, -0.05) is 38.5 Å². The Balaban J connectivity index is 1.33. The lowest BCUT2D eigenvalue weighted by Crippen LogP contribution is -2.52. The zero-order valence-electron chi connectivity index (χ0n) is 18.7. The molecule has 8 nitrogen and oxygen atoms in total. The van der Waals surface area contributed by atoms with Crippen LogP contribution < -0.4 is 11.1 Å². The van der Waals surface area contributed by atoms with Gasteiger partial charge in [0, 0.05) is 17.5 Å². The van der Waals surface area contributed by atoms with Crippen molar-refractivity contribution in [2.45, 2.75) is 77.0 Å². The summed E-state index contributed by atoms with van der Waals surface area (Å²) in [6.07, 6.45) is 5.95. The second kappa shape index (κ2) is 7.60. The van der Waals surface area contributed by atoms with Crippen molar-refractivity contribution in [3.8, 4) is 0 Å². The molecule has 3 amide bonds. The number of hydrogen-bond donors (Lipinski definition) is 2. The Bertz CT molecular complexity index is 1090. The van der Waals surface area contributed by atoms with E-state index in [1.807, 2.05) is 18.2 Å². The Morgan fingerprint density at radius 1 is 1.22 bits per heavy atom. The van der Waals surface area contributed by atoms with E-state index in [0.717, 1.165) is 32.1 Å². The van der Waals surface area contributed by atoms with Gasteiger partial charge < -0.3 is 16.0 Å². The molecule has 1 aliphatic heterocycles. The van der Waals surface area contributed by atoms with Crippen LogP contribution in [0.15, 0.2) is 24.3 Å². The number of rotatable bonds is 5. The molecule has 0 radical (unpaired) electrons. The number of likely N-dealkylation sites (tertiary alicyclic amines) is 1. The van der Waals surface area contributed by atoms with Crippen molar-refractivity contribution < 1.29 is 14.4 Å². The fourth-order valence-corrected chi connectivity index (χ4v) is 5.81. The molecule has 32 heavy (non-hydrogen) atoms. The number of nitrogens with one attached hydrogen (secondary N) is 1. The quantitative estimate of drug-likeness (QED) is 0.747. The molecule has 170 valence electrons. The molecule has 2 heterocycles. The lowest BCUT2D eigenvalue weighted by atomic mass is 9.75. The lowest BCUT2D eigenvalue weighted by Gasteiger charge is -2.36. The van der Waals surface area contributed by atoms with Crippen molar-refractivity contribution in [2.24, 2.45) is 17.1 Å².